The van der Waals surface area contributed by atoms with Gasteiger partial charge in [-0.1, -0.05) is 0 Å². The third-order valence-corrected chi connectivity index (χ3v) is 3.84. The molecule has 0 unspecified atom stereocenters. The molecule has 130 valence electrons. The number of rotatable bonds is 2. The van der Waals surface area contributed by atoms with Gasteiger partial charge in [0.25, 0.3) is 0 Å². The summed E-state index contributed by atoms with van der Waals surface area (Å²) >= 11 is 0. The second-order valence-electron chi connectivity index (χ2n) is 5.34. The molecule has 4 nitrogen and oxygen atoms in total. The van der Waals surface area contributed by atoms with Gasteiger partial charge in [0.2, 0.25) is 0 Å². The van der Waals surface area contributed by atoms with E-state index in [2.05, 4.69) is 0 Å². The Morgan fingerprint density at radius 1 is 1.21 bits per heavy atom. The number of hydrogen-bond acceptors (Lipinski definition) is 3. The molecule has 0 saturated carbocycles. The van der Waals surface area contributed by atoms with E-state index in [-0.39, 0.29) is 5.69 Å². The van der Waals surface area contributed by atoms with Crippen LogP contribution in [0.4, 0.5) is 32.0 Å². The summed E-state index contributed by atoms with van der Waals surface area (Å²) in [5.74, 6) is -5.56. The van der Waals surface area contributed by atoms with Crippen molar-refractivity contribution in [3.8, 4) is 6.07 Å². The summed E-state index contributed by atoms with van der Waals surface area (Å²) in [6.45, 7) is -1.28. The fourth-order valence-electron chi connectivity index (χ4n) is 2.66. The summed E-state index contributed by atoms with van der Waals surface area (Å²) in [5, 5.41) is 17.9. The normalized spacial score (nSPS) is 21.6. The molecule has 1 N–H and O–H groups in total. The minimum absolute atomic E-state index is 0.150. The zero-order valence-corrected chi connectivity index (χ0v) is 11.8. The van der Waals surface area contributed by atoms with Crippen molar-refractivity contribution in [1.29, 1.82) is 5.26 Å². The zero-order chi connectivity index (χ0) is 18.3. The smallest absolute Gasteiger partial charge is 0.416 e. The van der Waals surface area contributed by atoms with E-state index in [0.717, 1.165) is 11.0 Å². The maximum absolute atomic E-state index is 13.0. The fourth-order valence-corrected chi connectivity index (χ4v) is 2.66. The van der Waals surface area contributed by atoms with Crippen molar-refractivity contribution < 1.29 is 36.2 Å². The molecule has 24 heavy (non-hydrogen) atoms. The number of alkyl halides is 6. The van der Waals surface area contributed by atoms with E-state index in [9.17, 15) is 31.1 Å². The molecular weight excluding hydrogens is 342 g/mol. The van der Waals surface area contributed by atoms with E-state index in [4.69, 9.17) is 10.4 Å². The number of halogens is 6. The summed E-state index contributed by atoms with van der Waals surface area (Å²) in [5.41, 5.74) is -1.72. The lowest BCUT2D eigenvalue weighted by atomic mass is 9.96. The quantitative estimate of drug-likeness (QED) is 0.830. The molecular formula is C14H10F6N2O2. The van der Waals surface area contributed by atoms with Crippen LogP contribution in [0.15, 0.2) is 18.2 Å². The van der Waals surface area contributed by atoms with Crippen LogP contribution < -0.4 is 4.90 Å². The highest BCUT2D eigenvalue weighted by Crippen LogP contribution is 2.41. The number of carboxylic acids is 1. The number of nitrogens with zero attached hydrogens (tertiary/aromatic N) is 2. The average molecular weight is 352 g/mol. The summed E-state index contributed by atoms with van der Waals surface area (Å²) < 4.78 is 76.8. The van der Waals surface area contributed by atoms with Crippen LogP contribution in [0.5, 0.6) is 0 Å². The first-order chi connectivity index (χ1) is 10.9. The first-order valence-electron chi connectivity index (χ1n) is 6.61. The van der Waals surface area contributed by atoms with Gasteiger partial charge in [-0.05, 0) is 18.2 Å². The predicted octanol–water partition coefficient (Wildman–Crippen LogP) is 3.28. The molecule has 1 heterocycles. The molecule has 0 amide bonds. The molecule has 1 fully saturated rings. The highest BCUT2D eigenvalue weighted by atomic mass is 19.4. The van der Waals surface area contributed by atoms with E-state index in [1.54, 1.807) is 0 Å². The van der Waals surface area contributed by atoms with Gasteiger partial charge in [-0.25, -0.2) is 0 Å². The molecule has 0 bridgehead atoms. The SMILES string of the molecule is N#Cc1cc(C(F)(F)F)ccc1N1C[C@@H](C(F)(F)F)[C@H](C(=O)O)C1. The second kappa shape index (κ2) is 5.89. The first-order valence-corrected chi connectivity index (χ1v) is 6.61. The lowest BCUT2D eigenvalue weighted by Gasteiger charge is -2.21. The van der Waals surface area contributed by atoms with E-state index in [0.29, 0.717) is 12.1 Å². The maximum atomic E-state index is 13.0. The minimum Gasteiger partial charge on any atom is -0.481 e. The molecule has 1 aliphatic rings. The van der Waals surface area contributed by atoms with Gasteiger partial charge in [-0.2, -0.15) is 31.6 Å². The number of carbonyl (C=O) groups is 1. The van der Waals surface area contributed by atoms with Gasteiger partial charge in [0.1, 0.15) is 6.07 Å². The number of hydrogen-bond donors (Lipinski definition) is 1. The van der Waals surface area contributed by atoms with E-state index < -0.39 is 54.4 Å². The summed E-state index contributed by atoms with van der Waals surface area (Å²) in [7, 11) is 0. The Balaban J connectivity index is 2.39. The van der Waals surface area contributed by atoms with Crippen molar-refractivity contribution in [1.82, 2.24) is 0 Å². The highest BCUT2D eigenvalue weighted by molar-refractivity contribution is 5.73. The van der Waals surface area contributed by atoms with Crippen molar-refractivity contribution in [3.63, 3.8) is 0 Å². The fraction of sp³-hybridized carbons (Fsp3) is 0.429. The average Bonchev–Trinajstić information content (AvgIpc) is 2.91. The topological polar surface area (TPSA) is 64.3 Å². The van der Waals surface area contributed by atoms with Gasteiger partial charge >= 0.3 is 18.3 Å². The van der Waals surface area contributed by atoms with Gasteiger partial charge in [-0.3, -0.25) is 4.79 Å². The van der Waals surface area contributed by atoms with Gasteiger partial charge < -0.3 is 10.0 Å². The molecule has 1 aromatic rings. The molecule has 1 aliphatic heterocycles. The monoisotopic (exact) mass is 352 g/mol. The molecule has 2 atom stereocenters. The van der Waals surface area contributed by atoms with Crippen LogP contribution in [-0.2, 0) is 11.0 Å². The molecule has 10 heteroatoms. The number of aliphatic carboxylic acids is 1. The van der Waals surface area contributed by atoms with Crippen LogP contribution >= 0.6 is 0 Å². The molecule has 1 saturated heterocycles. The Morgan fingerprint density at radius 3 is 2.25 bits per heavy atom. The summed E-state index contributed by atoms with van der Waals surface area (Å²) in [6.07, 6.45) is -9.47. The lowest BCUT2D eigenvalue weighted by Crippen LogP contribution is -2.33. The zero-order valence-electron chi connectivity index (χ0n) is 11.8. The number of anilines is 1. The van der Waals surface area contributed by atoms with Crippen molar-refractivity contribution in [2.24, 2.45) is 11.8 Å². The predicted molar refractivity (Wildman–Crippen MR) is 69.0 cm³/mol. The van der Waals surface area contributed by atoms with Gasteiger partial charge in [0.05, 0.1) is 28.7 Å². The standard InChI is InChI=1S/C14H10F6N2O2/c15-13(16,17)8-1-2-11(7(3-8)4-21)22-5-9(12(23)24)10(6-22)14(18,19)20/h1-3,9-10H,5-6H2,(H,23,24)/t9-,10-/m1/s1. The number of carboxylic acid groups (broad SMARTS) is 1. The van der Waals surface area contributed by atoms with Gasteiger partial charge in [-0.15, -0.1) is 0 Å². The molecule has 0 aromatic heterocycles. The molecule has 2 rings (SSSR count). The Hall–Kier alpha value is -2.44. The van der Waals surface area contributed by atoms with Crippen LogP contribution in [0.1, 0.15) is 11.1 Å². The van der Waals surface area contributed by atoms with Crippen molar-refractivity contribution in [2.75, 3.05) is 18.0 Å². The van der Waals surface area contributed by atoms with Crippen LogP contribution in [0, 0.1) is 23.2 Å². The third-order valence-electron chi connectivity index (χ3n) is 3.84. The Kier molecular flexibility index (Phi) is 4.39. The molecule has 0 spiro atoms. The highest BCUT2D eigenvalue weighted by Gasteiger charge is 2.53. The Morgan fingerprint density at radius 2 is 1.83 bits per heavy atom. The van der Waals surface area contributed by atoms with E-state index in [1.807, 2.05) is 0 Å². The van der Waals surface area contributed by atoms with Gasteiger partial charge in [0.15, 0.2) is 0 Å². The van der Waals surface area contributed by atoms with Crippen LogP contribution in [-0.4, -0.2) is 30.3 Å². The molecule has 0 radical (unpaired) electrons. The number of nitriles is 1. The van der Waals surface area contributed by atoms with Crippen LogP contribution in [0.2, 0.25) is 0 Å². The first kappa shape index (κ1) is 17.9. The van der Waals surface area contributed by atoms with Crippen LogP contribution in [0.25, 0.3) is 0 Å². The maximum Gasteiger partial charge on any atom is 0.416 e. The second-order valence-corrected chi connectivity index (χ2v) is 5.34. The van der Waals surface area contributed by atoms with Crippen molar-refractivity contribution in [3.05, 3.63) is 29.3 Å². The Bertz CT molecular complexity index is 692. The third kappa shape index (κ3) is 3.39. The van der Waals surface area contributed by atoms with Crippen LogP contribution in [0.3, 0.4) is 0 Å². The lowest BCUT2D eigenvalue weighted by molar-refractivity contribution is -0.187. The largest absolute Gasteiger partial charge is 0.481 e. The van der Waals surface area contributed by atoms with E-state index >= 15 is 0 Å². The van der Waals surface area contributed by atoms with E-state index in [1.165, 1.54) is 6.07 Å². The van der Waals surface area contributed by atoms with Crippen molar-refractivity contribution >= 4 is 11.7 Å². The summed E-state index contributed by atoms with van der Waals surface area (Å²) in [6, 6.07) is 3.58. The number of benzene rings is 1. The summed E-state index contributed by atoms with van der Waals surface area (Å²) in [4.78, 5) is 12.0. The molecule has 1 aromatic carbocycles. The van der Waals surface area contributed by atoms with Crippen molar-refractivity contribution in [2.45, 2.75) is 12.4 Å². The Labute approximate surface area is 131 Å². The molecule has 0 aliphatic carbocycles. The van der Waals surface area contributed by atoms with Gasteiger partial charge in [0, 0.05) is 13.1 Å². The minimum atomic E-state index is -4.77.